The van der Waals surface area contributed by atoms with Crippen LogP contribution in [0.25, 0.3) is 22.2 Å². The molecule has 0 atom stereocenters. The fourth-order valence-corrected chi connectivity index (χ4v) is 2.53. The first kappa shape index (κ1) is 11.9. The third kappa shape index (κ3) is 2.10. The van der Waals surface area contributed by atoms with E-state index in [1.165, 1.54) is 23.5 Å². The molecule has 96 valence electrons. The molecular formula is C13H10FN3OS. The van der Waals surface area contributed by atoms with Crippen LogP contribution >= 0.6 is 11.3 Å². The minimum Gasteiger partial charge on any atom is -0.397 e. The topological polar surface area (TPSA) is 64.9 Å². The maximum Gasteiger partial charge on any atom is 0.270 e. The molecule has 1 aromatic carbocycles. The van der Waals surface area contributed by atoms with Gasteiger partial charge in [0.2, 0.25) is 5.82 Å². The monoisotopic (exact) mass is 275 g/mol. The lowest BCUT2D eigenvalue weighted by Crippen LogP contribution is -1.87. The molecule has 0 aliphatic heterocycles. The van der Waals surface area contributed by atoms with E-state index in [1.807, 2.05) is 5.38 Å². The lowest BCUT2D eigenvalue weighted by atomic mass is 10.1. The van der Waals surface area contributed by atoms with Crippen LogP contribution in [0, 0.1) is 12.7 Å². The SMILES string of the molecule is Cc1cc(F)ccc1-c1noc(-c2sccc2N)n1. The molecular weight excluding hydrogens is 265 g/mol. The van der Waals surface area contributed by atoms with Gasteiger partial charge in [-0.05, 0) is 42.1 Å². The zero-order valence-corrected chi connectivity index (χ0v) is 10.9. The minimum absolute atomic E-state index is 0.285. The van der Waals surface area contributed by atoms with Crippen LogP contribution in [-0.4, -0.2) is 10.1 Å². The van der Waals surface area contributed by atoms with Crippen LogP contribution in [0.2, 0.25) is 0 Å². The molecule has 6 heteroatoms. The van der Waals surface area contributed by atoms with Crippen LogP contribution in [0.1, 0.15) is 5.56 Å². The number of nitrogens with zero attached hydrogens (tertiary/aromatic N) is 2. The molecule has 3 rings (SSSR count). The second kappa shape index (κ2) is 4.47. The smallest absolute Gasteiger partial charge is 0.270 e. The zero-order valence-electron chi connectivity index (χ0n) is 10.1. The highest BCUT2D eigenvalue weighted by Crippen LogP contribution is 2.32. The quantitative estimate of drug-likeness (QED) is 0.777. The summed E-state index contributed by atoms with van der Waals surface area (Å²) in [4.78, 5) is 5.05. The number of rotatable bonds is 2. The minimum atomic E-state index is -0.285. The van der Waals surface area contributed by atoms with E-state index in [9.17, 15) is 4.39 Å². The van der Waals surface area contributed by atoms with Crippen molar-refractivity contribution < 1.29 is 8.91 Å². The summed E-state index contributed by atoms with van der Waals surface area (Å²) in [6.45, 7) is 1.80. The van der Waals surface area contributed by atoms with Crippen LogP contribution in [0.15, 0.2) is 34.2 Å². The Labute approximate surface area is 112 Å². The van der Waals surface area contributed by atoms with Gasteiger partial charge in [0.15, 0.2) is 0 Å². The Morgan fingerprint density at radius 3 is 2.84 bits per heavy atom. The maximum absolute atomic E-state index is 13.1. The molecule has 0 aliphatic rings. The summed E-state index contributed by atoms with van der Waals surface area (Å²) in [6, 6.07) is 6.23. The van der Waals surface area contributed by atoms with Crippen molar-refractivity contribution in [3.63, 3.8) is 0 Å². The third-order valence-electron chi connectivity index (χ3n) is 2.75. The number of aryl methyl sites for hydroxylation is 1. The molecule has 0 amide bonds. The normalized spacial score (nSPS) is 10.8. The van der Waals surface area contributed by atoms with Crippen molar-refractivity contribution in [3.05, 3.63) is 41.0 Å². The van der Waals surface area contributed by atoms with Crippen molar-refractivity contribution in [1.82, 2.24) is 10.1 Å². The van der Waals surface area contributed by atoms with Crippen LogP contribution < -0.4 is 5.73 Å². The maximum atomic E-state index is 13.1. The number of hydrogen-bond acceptors (Lipinski definition) is 5. The van der Waals surface area contributed by atoms with E-state index in [0.717, 1.165) is 16.0 Å². The van der Waals surface area contributed by atoms with Crippen molar-refractivity contribution >= 4 is 17.0 Å². The molecule has 2 heterocycles. The Morgan fingerprint density at radius 2 is 2.16 bits per heavy atom. The van der Waals surface area contributed by atoms with E-state index in [0.29, 0.717) is 17.4 Å². The van der Waals surface area contributed by atoms with Gasteiger partial charge >= 0.3 is 0 Å². The van der Waals surface area contributed by atoms with Gasteiger partial charge in [-0.2, -0.15) is 4.98 Å². The van der Waals surface area contributed by atoms with Crippen molar-refractivity contribution in [2.24, 2.45) is 0 Å². The van der Waals surface area contributed by atoms with Crippen molar-refractivity contribution in [2.75, 3.05) is 5.73 Å². The lowest BCUT2D eigenvalue weighted by molar-refractivity contribution is 0.433. The first-order chi connectivity index (χ1) is 9.15. The predicted octanol–water partition coefficient (Wildman–Crippen LogP) is 3.49. The number of aromatic nitrogens is 2. The number of nitrogens with two attached hydrogens (primary N) is 1. The van der Waals surface area contributed by atoms with E-state index in [1.54, 1.807) is 19.1 Å². The largest absolute Gasteiger partial charge is 0.397 e. The standard InChI is InChI=1S/C13H10FN3OS/c1-7-6-8(14)2-3-9(7)12-16-13(18-17-12)11-10(15)4-5-19-11/h2-6H,15H2,1H3. The summed E-state index contributed by atoms with van der Waals surface area (Å²) in [5, 5.41) is 5.78. The fourth-order valence-electron chi connectivity index (χ4n) is 1.80. The number of nitrogen functional groups attached to an aromatic ring is 1. The zero-order chi connectivity index (χ0) is 13.4. The Kier molecular flexibility index (Phi) is 2.79. The average Bonchev–Trinajstić information content (AvgIpc) is 2.97. The third-order valence-corrected chi connectivity index (χ3v) is 3.66. The van der Waals surface area contributed by atoms with Gasteiger partial charge in [0.25, 0.3) is 5.89 Å². The summed E-state index contributed by atoms with van der Waals surface area (Å²) in [7, 11) is 0. The number of anilines is 1. The van der Waals surface area contributed by atoms with E-state index < -0.39 is 0 Å². The number of hydrogen-bond donors (Lipinski definition) is 1. The highest BCUT2D eigenvalue weighted by Gasteiger charge is 2.15. The highest BCUT2D eigenvalue weighted by atomic mass is 32.1. The number of thiophene rings is 1. The van der Waals surface area contributed by atoms with Crippen molar-refractivity contribution in [3.8, 4) is 22.2 Å². The molecule has 2 aromatic heterocycles. The highest BCUT2D eigenvalue weighted by molar-refractivity contribution is 7.14. The summed E-state index contributed by atoms with van der Waals surface area (Å²) in [5.41, 5.74) is 7.91. The van der Waals surface area contributed by atoms with Gasteiger partial charge in [-0.1, -0.05) is 5.16 Å². The Morgan fingerprint density at radius 1 is 1.32 bits per heavy atom. The summed E-state index contributed by atoms with van der Waals surface area (Å²) >= 11 is 1.44. The molecule has 0 fully saturated rings. The number of benzene rings is 1. The van der Waals surface area contributed by atoms with Crippen molar-refractivity contribution in [1.29, 1.82) is 0 Å². The predicted molar refractivity (Wildman–Crippen MR) is 72.2 cm³/mol. The van der Waals surface area contributed by atoms with Gasteiger partial charge in [0, 0.05) is 5.56 Å². The van der Waals surface area contributed by atoms with Crippen LogP contribution in [0.3, 0.4) is 0 Å². The van der Waals surface area contributed by atoms with Crippen LogP contribution in [0.5, 0.6) is 0 Å². The molecule has 0 saturated carbocycles. The van der Waals surface area contributed by atoms with Crippen LogP contribution in [-0.2, 0) is 0 Å². The molecule has 0 aliphatic carbocycles. The summed E-state index contributed by atoms with van der Waals surface area (Å²) in [6.07, 6.45) is 0. The second-order valence-electron chi connectivity index (χ2n) is 4.09. The van der Waals surface area contributed by atoms with Crippen molar-refractivity contribution in [2.45, 2.75) is 6.92 Å². The van der Waals surface area contributed by atoms with Gasteiger partial charge in [0.05, 0.1) is 5.69 Å². The summed E-state index contributed by atoms with van der Waals surface area (Å²) < 4.78 is 18.3. The molecule has 0 spiro atoms. The molecule has 0 saturated heterocycles. The Balaban J connectivity index is 2.04. The molecule has 3 aromatic rings. The van der Waals surface area contributed by atoms with E-state index in [2.05, 4.69) is 10.1 Å². The molecule has 0 bridgehead atoms. The number of halogens is 1. The molecule has 4 nitrogen and oxygen atoms in total. The van der Waals surface area contributed by atoms with E-state index in [-0.39, 0.29) is 5.82 Å². The van der Waals surface area contributed by atoms with Gasteiger partial charge in [0.1, 0.15) is 10.7 Å². The molecule has 0 radical (unpaired) electrons. The molecule has 2 N–H and O–H groups in total. The van der Waals surface area contributed by atoms with Gasteiger partial charge in [-0.15, -0.1) is 11.3 Å². The van der Waals surface area contributed by atoms with Crippen LogP contribution in [0.4, 0.5) is 10.1 Å². The first-order valence-electron chi connectivity index (χ1n) is 5.59. The molecule has 0 unspecified atom stereocenters. The summed E-state index contributed by atoms with van der Waals surface area (Å²) in [5.74, 6) is 0.527. The van der Waals surface area contributed by atoms with Gasteiger partial charge in [-0.3, -0.25) is 0 Å². The first-order valence-corrected chi connectivity index (χ1v) is 6.46. The molecule has 19 heavy (non-hydrogen) atoms. The Bertz CT molecular complexity index is 735. The Hall–Kier alpha value is -2.21. The van der Waals surface area contributed by atoms with E-state index >= 15 is 0 Å². The fraction of sp³-hybridized carbons (Fsp3) is 0.0769. The average molecular weight is 275 g/mol. The second-order valence-corrected chi connectivity index (χ2v) is 5.00. The van der Waals surface area contributed by atoms with Gasteiger partial charge < -0.3 is 10.3 Å². The lowest BCUT2D eigenvalue weighted by Gasteiger charge is -1.99. The van der Waals surface area contributed by atoms with E-state index in [4.69, 9.17) is 10.3 Å². The van der Waals surface area contributed by atoms with Gasteiger partial charge in [-0.25, -0.2) is 4.39 Å².